The Kier molecular flexibility index (Phi) is 3.05. The molecule has 82 valence electrons. The molecule has 1 heterocycles. The third-order valence-corrected chi connectivity index (χ3v) is 2.67. The second-order valence-corrected chi connectivity index (χ2v) is 4.04. The molecule has 0 fully saturated rings. The van der Waals surface area contributed by atoms with Crippen LogP contribution in [-0.2, 0) is 0 Å². The van der Waals surface area contributed by atoms with Crippen molar-refractivity contribution in [2.45, 2.75) is 0 Å². The van der Waals surface area contributed by atoms with Crippen molar-refractivity contribution in [2.24, 2.45) is 0 Å². The van der Waals surface area contributed by atoms with E-state index in [-0.39, 0.29) is 5.75 Å². The Hall–Kier alpha value is -1.62. The quantitative estimate of drug-likeness (QED) is 0.888. The first-order valence-electron chi connectivity index (χ1n) is 4.70. The Balaban J connectivity index is 2.48. The van der Waals surface area contributed by atoms with Gasteiger partial charge >= 0.3 is 0 Å². The minimum atomic E-state index is 0.204. The van der Waals surface area contributed by atoms with Gasteiger partial charge in [-0.1, -0.05) is 12.1 Å². The number of phenolic OH excluding ortho intramolecular Hbond substituents is 1. The van der Waals surface area contributed by atoms with Crippen molar-refractivity contribution in [3.63, 3.8) is 0 Å². The monoisotopic (exact) mass is 279 g/mol. The summed E-state index contributed by atoms with van der Waals surface area (Å²) in [5.41, 5.74) is 0.781. The molecule has 0 aliphatic carbocycles. The SMILES string of the molecule is CNc1nc(-c2cccc(O)c2)ncc1Br. The van der Waals surface area contributed by atoms with E-state index >= 15 is 0 Å². The number of nitrogens with zero attached hydrogens (tertiary/aromatic N) is 2. The summed E-state index contributed by atoms with van der Waals surface area (Å²) in [5, 5.41) is 12.3. The second-order valence-electron chi connectivity index (χ2n) is 3.19. The van der Waals surface area contributed by atoms with E-state index in [4.69, 9.17) is 0 Å². The van der Waals surface area contributed by atoms with E-state index in [1.165, 1.54) is 0 Å². The summed E-state index contributed by atoms with van der Waals surface area (Å²) >= 11 is 3.34. The van der Waals surface area contributed by atoms with Crippen LogP contribution < -0.4 is 5.32 Å². The molecule has 0 radical (unpaired) electrons. The molecule has 0 spiro atoms. The van der Waals surface area contributed by atoms with E-state index in [1.807, 2.05) is 6.07 Å². The molecule has 16 heavy (non-hydrogen) atoms. The summed E-state index contributed by atoms with van der Waals surface area (Å²) in [7, 11) is 1.79. The number of benzene rings is 1. The van der Waals surface area contributed by atoms with E-state index in [1.54, 1.807) is 31.4 Å². The summed E-state index contributed by atoms with van der Waals surface area (Å²) in [6, 6.07) is 6.85. The predicted molar refractivity (Wildman–Crippen MR) is 66.4 cm³/mol. The summed E-state index contributed by atoms with van der Waals surface area (Å²) in [6.07, 6.45) is 1.68. The van der Waals surface area contributed by atoms with E-state index < -0.39 is 0 Å². The van der Waals surface area contributed by atoms with Gasteiger partial charge in [-0.15, -0.1) is 0 Å². The number of phenols is 1. The van der Waals surface area contributed by atoms with Crippen molar-refractivity contribution in [2.75, 3.05) is 12.4 Å². The number of halogens is 1. The van der Waals surface area contributed by atoms with Crippen LogP contribution in [0, 0.1) is 0 Å². The zero-order valence-electron chi connectivity index (χ0n) is 8.61. The molecule has 0 unspecified atom stereocenters. The van der Waals surface area contributed by atoms with E-state index in [9.17, 15) is 5.11 Å². The summed E-state index contributed by atoms with van der Waals surface area (Å²) in [4.78, 5) is 8.51. The number of nitrogens with one attached hydrogen (secondary N) is 1. The smallest absolute Gasteiger partial charge is 0.161 e. The first kappa shape index (κ1) is 10.9. The number of anilines is 1. The van der Waals surface area contributed by atoms with E-state index in [2.05, 4.69) is 31.2 Å². The number of hydrogen-bond donors (Lipinski definition) is 2. The lowest BCUT2D eigenvalue weighted by atomic mass is 10.2. The Bertz CT molecular complexity index is 516. The number of aromatic nitrogens is 2. The molecule has 0 saturated heterocycles. The predicted octanol–water partition coefficient (Wildman–Crippen LogP) is 2.65. The topological polar surface area (TPSA) is 58.0 Å². The summed E-state index contributed by atoms with van der Waals surface area (Å²) in [5.74, 6) is 1.49. The normalized spacial score (nSPS) is 10.1. The molecule has 1 aromatic heterocycles. The summed E-state index contributed by atoms with van der Waals surface area (Å²) < 4.78 is 0.805. The molecule has 2 N–H and O–H groups in total. The van der Waals surface area contributed by atoms with Gasteiger partial charge in [-0.3, -0.25) is 0 Å². The molecule has 2 rings (SSSR count). The standard InChI is InChI=1S/C11H10BrN3O/c1-13-11-9(12)6-14-10(15-11)7-3-2-4-8(16)5-7/h2-6,16H,1H3,(H,13,14,15). The van der Waals surface area contributed by atoms with Crippen LogP contribution in [0.5, 0.6) is 5.75 Å². The van der Waals surface area contributed by atoms with Crippen LogP contribution in [0.25, 0.3) is 11.4 Å². The maximum Gasteiger partial charge on any atom is 0.161 e. The van der Waals surface area contributed by atoms with Crippen molar-refractivity contribution >= 4 is 21.7 Å². The molecule has 4 nitrogen and oxygen atoms in total. The zero-order chi connectivity index (χ0) is 11.5. The minimum Gasteiger partial charge on any atom is -0.508 e. The van der Waals surface area contributed by atoms with Crippen molar-refractivity contribution in [1.29, 1.82) is 0 Å². The third-order valence-electron chi connectivity index (χ3n) is 2.09. The lowest BCUT2D eigenvalue weighted by Gasteiger charge is -2.05. The fraction of sp³-hybridized carbons (Fsp3) is 0.0909. The van der Waals surface area contributed by atoms with Crippen LogP contribution in [-0.4, -0.2) is 22.1 Å². The number of aromatic hydroxyl groups is 1. The van der Waals surface area contributed by atoms with Gasteiger partial charge in [0, 0.05) is 18.8 Å². The highest BCUT2D eigenvalue weighted by atomic mass is 79.9. The first-order chi connectivity index (χ1) is 7.70. The van der Waals surface area contributed by atoms with Crippen LogP contribution in [0.15, 0.2) is 34.9 Å². The number of rotatable bonds is 2. The van der Waals surface area contributed by atoms with Crippen LogP contribution in [0.3, 0.4) is 0 Å². The van der Waals surface area contributed by atoms with Gasteiger partial charge in [-0.2, -0.15) is 0 Å². The largest absolute Gasteiger partial charge is 0.508 e. The van der Waals surface area contributed by atoms with E-state index in [0.29, 0.717) is 11.6 Å². The third kappa shape index (κ3) is 2.14. The van der Waals surface area contributed by atoms with Crippen LogP contribution in [0.1, 0.15) is 0 Å². The van der Waals surface area contributed by atoms with Crippen molar-refractivity contribution in [1.82, 2.24) is 9.97 Å². The number of hydrogen-bond acceptors (Lipinski definition) is 4. The van der Waals surface area contributed by atoms with Crippen LogP contribution in [0.4, 0.5) is 5.82 Å². The highest BCUT2D eigenvalue weighted by Gasteiger charge is 2.05. The molecule has 2 aromatic rings. The molecular weight excluding hydrogens is 270 g/mol. The average molecular weight is 280 g/mol. The Morgan fingerprint density at radius 3 is 2.88 bits per heavy atom. The maximum absolute atomic E-state index is 9.38. The molecule has 0 bridgehead atoms. The van der Waals surface area contributed by atoms with Gasteiger partial charge in [0.15, 0.2) is 5.82 Å². The lowest BCUT2D eigenvalue weighted by Crippen LogP contribution is -1.97. The summed E-state index contributed by atoms with van der Waals surface area (Å²) in [6.45, 7) is 0. The van der Waals surface area contributed by atoms with Crippen molar-refractivity contribution < 1.29 is 5.11 Å². The zero-order valence-corrected chi connectivity index (χ0v) is 10.2. The minimum absolute atomic E-state index is 0.204. The Labute approximate surface area is 102 Å². The Morgan fingerprint density at radius 2 is 2.19 bits per heavy atom. The molecule has 0 atom stereocenters. The molecule has 5 heteroatoms. The highest BCUT2D eigenvalue weighted by Crippen LogP contribution is 2.24. The average Bonchev–Trinajstić information content (AvgIpc) is 2.29. The van der Waals surface area contributed by atoms with Gasteiger partial charge in [0.1, 0.15) is 11.6 Å². The van der Waals surface area contributed by atoms with Gasteiger partial charge < -0.3 is 10.4 Å². The van der Waals surface area contributed by atoms with Gasteiger partial charge in [-0.05, 0) is 28.1 Å². The van der Waals surface area contributed by atoms with Crippen molar-refractivity contribution in [3.05, 3.63) is 34.9 Å². The molecule has 0 aliphatic rings. The lowest BCUT2D eigenvalue weighted by molar-refractivity contribution is 0.475. The molecule has 0 amide bonds. The van der Waals surface area contributed by atoms with Crippen LogP contribution >= 0.6 is 15.9 Å². The fourth-order valence-electron chi connectivity index (χ4n) is 1.33. The molecule has 0 saturated carbocycles. The molecule has 1 aromatic carbocycles. The van der Waals surface area contributed by atoms with Gasteiger partial charge in [0.05, 0.1) is 4.47 Å². The first-order valence-corrected chi connectivity index (χ1v) is 5.49. The molecule has 0 aliphatic heterocycles. The van der Waals surface area contributed by atoms with Gasteiger partial charge in [-0.25, -0.2) is 9.97 Å². The maximum atomic E-state index is 9.38. The van der Waals surface area contributed by atoms with Gasteiger partial charge in [0.2, 0.25) is 0 Å². The van der Waals surface area contributed by atoms with E-state index in [0.717, 1.165) is 10.0 Å². The van der Waals surface area contributed by atoms with Crippen molar-refractivity contribution in [3.8, 4) is 17.1 Å². The van der Waals surface area contributed by atoms with Crippen LogP contribution in [0.2, 0.25) is 0 Å². The fourth-order valence-corrected chi connectivity index (χ4v) is 1.72. The Morgan fingerprint density at radius 1 is 1.38 bits per heavy atom. The second kappa shape index (κ2) is 4.49. The molecular formula is C11H10BrN3O. The highest BCUT2D eigenvalue weighted by molar-refractivity contribution is 9.10. The van der Waals surface area contributed by atoms with Gasteiger partial charge in [0.25, 0.3) is 0 Å².